The smallest absolute Gasteiger partial charge is 0.254 e. The SMILES string of the molecule is CNC(=O)c1cc(F)c(-c2nc3cc(C)ccn3c2C[C@@H]2CN(C(C)=O)CCO2)cc1F. The maximum atomic E-state index is 15.1. The number of carbonyl (C=O) groups excluding carboxylic acids is 2. The largest absolute Gasteiger partial charge is 0.374 e. The summed E-state index contributed by atoms with van der Waals surface area (Å²) in [4.78, 5) is 29.9. The van der Waals surface area contributed by atoms with E-state index in [9.17, 15) is 14.0 Å². The quantitative estimate of drug-likeness (QED) is 0.674. The highest BCUT2D eigenvalue weighted by Gasteiger charge is 2.27. The van der Waals surface area contributed by atoms with Gasteiger partial charge in [0.1, 0.15) is 17.3 Å². The lowest BCUT2D eigenvalue weighted by molar-refractivity contribution is -0.136. The van der Waals surface area contributed by atoms with Crippen LogP contribution in [0.1, 0.15) is 28.5 Å². The number of aryl methyl sites for hydroxylation is 1. The van der Waals surface area contributed by atoms with Gasteiger partial charge in [-0.05, 0) is 36.8 Å². The van der Waals surface area contributed by atoms with E-state index in [4.69, 9.17) is 4.74 Å². The first-order chi connectivity index (χ1) is 15.3. The molecule has 1 atom stereocenters. The fourth-order valence-electron chi connectivity index (χ4n) is 3.99. The van der Waals surface area contributed by atoms with Crippen LogP contribution in [-0.4, -0.2) is 58.9 Å². The van der Waals surface area contributed by atoms with Crippen LogP contribution in [0.25, 0.3) is 16.9 Å². The Hall–Kier alpha value is -3.33. The maximum Gasteiger partial charge on any atom is 0.254 e. The average Bonchev–Trinajstić information content (AvgIpc) is 3.11. The van der Waals surface area contributed by atoms with E-state index in [1.54, 1.807) is 4.90 Å². The van der Waals surface area contributed by atoms with Gasteiger partial charge in [0.25, 0.3) is 5.91 Å². The second kappa shape index (κ2) is 8.66. The van der Waals surface area contributed by atoms with Crippen molar-refractivity contribution in [2.75, 3.05) is 26.7 Å². The van der Waals surface area contributed by atoms with Gasteiger partial charge in [-0.1, -0.05) is 0 Å². The number of ether oxygens (including phenoxy) is 1. The van der Waals surface area contributed by atoms with Gasteiger partial charge < -0.3 is 19.4 Å². The Morgan fingerprint density at radius 3 is 2.75 bits per heavy atom. The van der Waals surface area contributed by atoms with Gasteiger partial charge in [0.05, 0.1) is 29.7 Å². The number of nitrogens with one attached hydrogen (secondary N) is 1. The molecule has 4 rings (SSSR count). The summed E-state index contributed by atoms with van der Waals surface area (Å²) in [5.74, 6) is -2.33. The van der Waals surface area contributed by atoms with Gasteiger partial charge in [0, 0.05) is 45.2 Å². The molecule has 0 aliphatic carbocycles. The zero-order valence-corrected chi connectivity index (χ0v) is 18.1. The third-order valence-corrected chi connectivity index (χ3v) is 5.67. The zero-order valence-electron chi connectivity index (χ0n) is 18.1. The summed E-state index contributed by atoms with van der Waals surface area (Å²) in [6.45, 7) is 4.75. The zero-order chi connectivity index (χ0) is 23.0. The summed E-state index contributed by atoms with van der Waals surface area (Å²) in [6.07, 6.45) is 1.86. The molecule has 1 N–H and O–H groups in total. The predicted molar refractivity (Wildman–Crippen MR) is 114 cm³/mol. The number of fused-ring (bicyclic) bond motifs is 1. The van der Waals surface area contributed by atoms with Crippen molar-refractivity contribution in [2.45, 2.75) is 26.4 Å². The van der Waals surface area contributed by atoms with E-state index >= 15 is 4.39 Å². The van der Waals surface area contributed by atoms with E-state index in [0.29, 0.717) is 37.5 Å². The molecule has 1 aliphatic heterocycles. The molecule has 1 aromatic carbocycles. The lowest BCUT2D eigenvalue weighted by atomic mass is 10.0. The van der Waals surface area contributed by atoms with E-state index in [0.717, 1.165) is 17.7 Å². The molecule has 1 saturated heterocycles. The molecule has 9 heteroatoms. The third kappa shape index (κ3) is 4.08. The van der Waals surface area contributed by atoms with Crippen LogP contribution < -0.4 is 5.32 Å². The normalized spacial score (nSPS) is 16.4. The molecular weight excluding hydrogens is 418 g/mol. The summed E-state index contributed by atoms with van der Waals surface area (Å²) in [5.41, 5.74) is 2.07. The first-order valence-electron chi connectivity index (χ1n) is 10.3. The number of carbonyl (C=O) groups is 2. The Bertz CT molecular complexity index is 1210. The fraction of sp³-hybridized carbons (Fsp3) is 0.348. The molecule has 0 bridgehead atoms. The van der Waals surface area contributed by atoms with Gasteiger partial charge in [-0.3, -0.25) is 9.59 Å². The van der Waals surface area contributed by atoms with E-state index in [2.05, 4.69) is 10.3 Å². The first-order valence-corrected chi connectivity index (χ1v) is 10.3. The fourth-order valence-corrected chi connectivity index (χ4v) is 3.99. The van der Waals surface area contributed by atoms with Crippen molar-refractivity contribution >= 4 is 17.5 Å². The van der Waals surface area contributed by atoms with Crippen LogP contribution in [0.3, 0.4) is 0 Å². The van der Waals surface area contributed by atoms with E-state index < -0.39 is 17.5 Å². The molecule has 2 amide bonds. The van der Waals surface area contributed by atoms with Crippen LogP contribution in [0.5, 0.6) is 0 Å². The summed E-state index contributed by atoms with van der Waals surface area (Å²) >= 11 is 0. The molecule has 32 heavy (non-hydrogen) atoms. The minimum atomic E-state index is -0.836. The topological polar surface area (TPSA) is 75.9 Å². The van der Waals surface area contributed by atoms with Crippen LogP contribution in [0.2, 0.25) is 0 Å². The number of nitrogens with zero attached hydrogens (tertiary/aromatic N) is 3. The minimum Gasteiger partial charge on any atom is -0.374 e. The van der Waals surface area contributed by atoms with E-state index in [1.165, 1.54) is 14.0 Å². The molecule has 168 valence electrons. The number of halogens is 2. The Morgan fingerprint density at radius 1 is 1.25 bits per heavy atom. The molecule has 7 nitrogen and oxygen atoms in total. The Kier molecular flexibility index (Phi) is 5.92. The highest BCUT2D eigenvalue weighted by Crippen LogP contribution is 2.31. The van der Waals surface area contributed by atoms with Crippen molar-refractivity contribution in [3.05, 3.63) is 58.9 Å². The summed E-state index contributed by atoms with van der Waals surface area (Å²) in [7, 11) is 1.35. The molecule has 1 fully saturated rings. The molecule has 3 heterocycles. The van der Waals surface area contributed by atoms with Crippen molar-refractivity contribution in [1.29, 1.82) is 0 Å². The second-order valence-corrected chi connectivity index (χ2v) is 7.89. The number of morpholine rings is 1. The van der Waals surface area contributed by atoms with Crippen LogP contribution in [0.4, 0.5) is 8.78 Å². The van der Waals surface area contributed by atoms with Gasteiger partial charge in [0.2, 0.25) is 5.91 Å². The van der Waals surface area contributed by atoms with Crippen LogP contribution in [0.15, 0.2) is 30.5 Å². The standard InChI is InChI=1S/C23H24F2N4O3/c1-13-4-5-29-20(9-15-12-28(14(2)30)6-7-32-15)22(27-21(29)8-13)16-10-19(25)17(11-18(16)24)23(31)26-3/h4-5,8,10-11,15H,6-7,9,12H2,1-3H3,(H,26,31)/t15-/m1/s1. The van der Waals surface area contributed by atoms with Crippen molar-refractivity contribution < 1.29 is 23.1 Å². The van der Waals surface area contributed by atoms with Gasteiger partial charge in [-0.15, -0.1) is 0 Å². The molecular formula is C23H24F2N4O3. The van der Waals surface area contributed by atoms with Crippen LogP contribution >= 0.6 is 0 Å². The summed E-state index contributed by atoms with van der Waals surface area (Å²) in [6, 6.07) is 5.64. The third-order valence-electron chi connectivity index (χ3n) is 5.67. The van der Waals surface area contributed by atoms with Crippen molar-refractivity contribution in [2.24, 2.45) is 0 Å². The molecule has 0 saturated carbocycles. The predicted octanol–water partition coefficient (Wildman–Crippen LogP) is 2.74. The van der Waals surface area contributed by atoms with Gasteiger partial charge >= 0.3 is 0 Å². The highest BCUT2D eigenvalue weighted by molar-refractivity contribution is 5.94. The number of rotatable bonds is 4. The second-order valence-electron chi connectivity index (χ2n) is 7.89. The number of pyridine rings is 1. The number of amides is 2. The number of aromatic nitrogens is 2. The van der Waals surface area contributed by atoms with Crippen LogP contribution in [-0.2, 0) is 16.0 Å². The lowest BCUT2D eigenvalue weighted by Gasteiger charge is -2.32. The van der Waals surface area contributed by atoms with Gasteiger partial charge in [-0.25, -0.2) is 13.8 Å². The molecule has 0 unspecified atom stereocenters. The van der Waals surface area contributed by atoms with Gasteiger partial charge in [0.15, 0.2) is 0 Å². The van der Waals surface area contributed by atoms with E-state index in [-0.39, 0.29) is 28.8 Å². The first kappa shape index (κ1) is 21.9. The monoisotopic (exact) mass is 442 g/mol. The molecule has 0 spiro atoms. The number of hydrogen-bond acceptors (Lipinski definition) is 4. The highest BCUT2D eigenvalue weighted by atomic mass is 19.1. The molecule has 1 aliphatic rings. The molecule has 3 aromatic rings. The average molecular weight is 442 g/mol. The Morgan fingerprint density at radius 2 is 2.03 bits per heavy atom. The minimum absolute atomic E-state index is 0.0364. The summed E-state index contributed by atoms with van der Waals surface area (Å²) in [5, 5.41) is 2.30. The van der Waals surface area contributed by atoms with Gasteiger partial charge in [-0.2, -0.15) is 0 Å². The molecule has 2 aromatic heterocycles. The van der Waals surface area contributed by atoms with Crippen molar-refractivity contribution in [1.82, 2.24) is 19.6 Å². The number of imidazole rings is 1. The van der Waals surface area contributed by atoms with Crippen LogP contribution in [0, 0.1) is 18.6 Å². The van der Waals surface area contributed by atoms with Crippen molar-refractivity contribution in [3.8, 4) is 11.3 Å². The van der Waals surface area contributed by atoms with E-state index in [1.807, 2.05) is 29.7 Å². The lowest BCUT2D eigenvalue weighted by Crippen LogP contribution is -2.45. The number of hydrogen-bond donors (Lipinski definition) is 1. The number of benzene rings is 1. The summed E-state index contributed by atoms with van der Waals surface area (Å²) < 4.78 is 37.4. The van der Waals surface area contributed by atoms with Crippen molar-refractivity contribution in [3.63, 3.8) is 0 Å². The Balaban J connectivity index is 1.81. The molecule has 0 radical (unpaired) electrons. The maximum absolute atomic E-state index is 15.1. The Labute approximate surface area is 184 Å².